The van der Waals surface area contributed by atoms with E-state index in [0.29, 0.717) is 33.4 Å². The van der Waals surface area contributed by atoms with Crippen molar-refractivity contribution < 1.29 is 39.0 Å². The third-order valence-electron chi connectivity index (χ3n) is 7.36. The molecule has 1 aromatic heterocycles. The quantitative estimate of drug-likeness (QED) is 0.0555. The van der Waals surface area contributed by atoms with Crippen molar-refractivity contribution in [1.29, 1.82) is 5.41 Å². The van der Waals surface area contributed by atoms with Crippen molar-refractivity contribution >= 4 is 85.6 Å². The van der Waals surface area contributed by atoms with E-state index in [1.54, 1.807) is 18.2 Å². The van der Waals surface area contributed by atoms with Crippen molar-refractivity contribution in [2.24, 2.45) is 16.6 Å². The van der Waals surface area contributed by atoms with Gasteiger partial charge in [-0.3, -0.25) is 34.4 Å². The number of rotatable bonds is 19. The summed E-state index contributed by atoms with van der Waals surface area (Å²) in [5, 5.41) is 39.7. The minimum Gasteiger partial charge on any atom is -0.481 e. The number of hydrogen-bond donors (Lipinski definition) is 9. The van der Waals surface area contributed by atoms with Crippen LogP contribution in [0.5, 0.6) is 0 Å². The number of thiazole rings is 1. The lowest BCUT2D eigenvalue weighted by Gasteiger charge is -2.21. The van der Waals surface area contributed by atoms with Gasteiger partial charge < -0.3 is 42.5 Å². The van der Waals surface area contributed by atoms with E-state index in [2.05, 4.69) is 36.6 Å². The van der Waals surface area contributed by atoms with Crippen molar-refractivity contribution in [1.82, 2.24) is 26.3 Å². The number of nitrogens with two attached hydrogens (primary N) is 1. The van der Waals surface area contributed by atoms with Gasteiger partial charge in [-0.15, -0.1) is 23.1 Å². The van der Waals surface area contributed by atoms with E-state index >= 15 is 0 Å². The van der Waals surface area contributed by atoms with Gasteiger partial charge >= 0.3 is 11.9 Å². The number of carboxylic acids is 2. The number of benzene rings is 1. The van der Waals surface area contributed by atoms with Gasteiger partial charge in [0.15, 0.2) is 12.0 Å². The van der Waals surface area contributed by atoms with Crippen LogP contribution in [0.3, 0.4) is 0 Å². The summed E-state index contributed by atoms with van der Waals surface area (Å²) in [6.45, 7) is 3.51. The molecule has 0 spiro atoms. The molecular weight excluding hydrogens is 679 g/mol. The van der Waals surface area contributed by atoms with Crippen LogP contribution in [0.15, 0.2) is 23.2 Å². The first-order valence-electron chi connectivity index (χ1n) is 15.6. The Labute approximate surface area is 290 Å². The van der Waals surface area contributed by atoms with Crippen LogP contribution in [0.25, 0.3) is 10.2 Å². The number of carboxylic acid groups (broad SMARTS) is 2. The van der Waals surface area contributed by atoms with Gasteiger partial charge in [-0.2, -0.15) is 0 Å². The van der Waals surface area contributed by atoms with Crippen molar-refractivity contribution in [3.05, 3.63) is 23.2 Å². The molecule has 1 aliphatic heterocycles. The van der Waals surface area contributed by atoms with Crippen LogP contribution >= 0.6 is 23.1 Å². The zero-order valence-electron chi connectivity index (χ0n) is 27.0. The number of aliphatic imine (C=N–C) groups is 1. The standard InChI is InChI=1S/C30H41N9O8S2/c1-3-15(2)11-22(40)36-19(8-9-24(42)43)25(44)34-13-23(41)37-18(5-4-10-33-30(31)32)26(45)35-16-6-7-17-21(12-16)49-28(38-17)27-39-20(14-48-27)29(46)47/h6-7,12,15,18-20H,3-5,8-11,13-14H2,1-2H3,(H,34,44)(H,35,45)(H,36,40)(H,37,41)(H,42,43)(H,46,47)(H4,31,32,33)/t15-,18-,19-,20+/m0/s1. The number of aliphatic carboxylic acids is 2. The van der Waals surface area contributed by atoms with Crippen LogP contribution in [0.1, 0.15) is 57.4 Å². The third-order valence-corrected chi connectivity index (χ3v) is 9.57. The van der Waals surface area contributed by atoms with Crippen molar-refractivity contribution in [2.75, 3.05) is 24.2 Å². The van der Waals surface area contributed by atoms with Crippen molar-refractivity contribution in [3.63, 3.8) is 0 Å². The number of hydrogen-bond acceptors (Lipinski definition) is 11. The molecule has 0 radical (unpaired) electrons. The summed E-state index contributed by atoms with van der Waals surface area (Å²) in [7, 11) is 0. The summed E-state index contributed by atoms with van der Waals surface area (Å²) in [6.07, 6.45) is 0.835. The molecule has 0 saturated carbocycles. The summed E-state index contributed by atoms with van der Waals surface area (Å²) in [5.74, 6) is -4.43. The second-order valence-electron chi connectivity index (χ2n) is 11.4. The molecule has 0 fully saturated rings. The SMILES string of the molecule is CC[C@H](C)CC(=O)N[C@@H](CCC(=O)O)C(=O)NCC(=O)N[C@@H](CCCNC(=N)N)C(=O)Nc1ccc2nc(C3=N[C@@H](C(=O)O)CS3)sc2c1. The first kappa shape index (κ1) is 38.7. The lowest BCUT2D eigenvalue weighted by atomic mass is 10.0. The molecule has 0 aliphatic carbocycles. The Morgan fingerprint density at radius 3 is 2.41 bits per heavy atom. The van der Waals surface area contributed by atoms with Gasteiger partial charge in [-0.25, -0.2) is 9.78 Å². The number of fused-ring (bicyclic) bond motifs is 1. The summed E-state index contributed by atoms with van der Waals surface area (Å²) < 4.78 is 0.720. The van der Waals surface area contributed by atoms with Gasteiger partial charge in [0.25, 0.3) is 0 Å². The predicted octanol–water partition coefficient (Wildman–Crippen LogP) is 0.831. The highest BCUT2D eigenvalue weighted by Crippen LogP contribution is 2.31. The maximum Gasteiger partial charge on any atom is 0.329 e. The highest BCUT2D eigenvalue weighted by Gasteiger charge is 2.28. The minimum absolute atomic E-state index is 0.0589. The number of carbonyl (C=O) groups excluding carboxylic acids is 4. The minimum atomic E-state index is -1.17. The van der Waals surface area contributed by atoms with Crippen LogP contribution < -0.4 is 32.3 Å². The predicted molar refractivity (Wildman–Crippen MR) is 186 cm³/mol. The number of carbonyl (C=O) groups is 6. The van der Waals surface area contributed by atoms with Crippen LogP contribution in [-0.2, 0) is 28.8 Å². The van der Waals surface area contributed by atoms with Crippen molar-refractivity contribution in [2.45, 2.75) is 70.5 Å². The van der Waals surface area contributed by atoms with Crippen LogP contribution in [0.2, 0.25) is 0 Å². The van der Waals surface area contributed by atoms with E-state index in [1.165, 1.54) is 23.1 Å². The first-order chi connectivity index (χ1) is 23.2. The fourth-order valence-corrected chi connectivity index (χ4v) is 6.63. The highest BCUT2D eigenvalue weighted by molar-refractivity contribution is 8.15. The molecule has 1 aromatic carbocycles. The Morgan fingerprint density at radius 1 is 1.04 bits per heavy atom. The topological polar surface area (TPSA) is 278 Å². The lowest BCUT2D eigenvalue weighted by Crippen LogP contribution is -2.51. The number of amides is 4. The molecule has 17 nitrogen and oxygen atoms in total. The zero-order chi connectivity index (χ0) is 36.1. The summed E-state index contributed by atoms with van der Waals surface area (Å²) in [4.78, 5) is 82.7. The fourth-order valence-electron chi connectivity index (χ4n) is 4.53. The summed E-state index contributed by atoms with van der Waals surface area (Å²) >= 11 is 2.61. The fraction of sp³-hybridized carbons (Fsp3) is 0.500. The lowest BCUT2D eigenvalue weighted by molar-refractivity contribution is -0.138. The summed E-state index contributed by atoms with van der Waals surface area (Å²) in [6, 6.07) is 1.98. The molecule has 266 valence electrons. The van der Waals surface area contributed by atoms with Gasteiger partial charge in [0.1, 0.15) is 22.1 Å². The van der Waals surface area contributed by atoms with E-state index in [1.807, 2.05) is 13.8 Å². The molecule has 10 N–H and O–H groups in total. The summed E-state index contributed by atoms with van der Waals surface area (Å²) in [5.41, 5.74) is 6.39. The third kappa shape index (κ3) is 12.6. The Morgan fingerprint density at radius 2 is 1.76 bits per heavy atom. The Balaban J connectivity index is 1.66. The Bertz CT molecular complexity index is 1600. The molecule has 2 aromatic rings. The van der Waals surface area contributed by atoms with Crippen LogP contribution in [0, 0.1) is 11.3 Å². The number of nitrogens with one attached hydrogen (secondary N) is 6. The average Bonchev–Trinajstić information content (AvgIpc) is 3.70. The Kier molecular flexibility index (Phi) is 14.7. The zero-order valence-corrected chi connectivity index (χ0v) is 28.7. The maximum atomic E-state index is 13.4. The molecule has 2 heterocycles. The van der Waals surface area contributed by atoms with Gasteiger partial charge in [-0.1, -0.05) is 20.3 Å². The van der Waals surface area contributed by atoms with Gasteiger partial charge in [0, 0.05) is 30.8 Å². The van der Waals surface area contributed by atoms with Crippen molar-refractivity contribution in [3.8, 4) is 0 Å². The van der Waals surface area contributed by atoms with Gasteiger partial charge in [-0.05, 0) is 43.4 Å². The van der Waals surface area contributed by atoms with Gasteiger partial charge in [0.05, 0.1) is 16.8 Å². The molecule has 1 aliphatic rings. The van der Waals surface area contributed by atoms with Crippen LogP contribution in [0.4, 0.5) is 5.69 Å². The van der Waals surface area contributed by atoms with Crippen LogP contribution in [-0.4, -0.2) is 98.7 Å². The van der Waals surface area contributed by atoms with E-state index in [0.717, 1.165) is 11.1 Å². The molecule has 0 unspecified atom stereocenters. The van der Waals surface area contributed by atoms with E-state index in [9.17, 15) is 33.9 Å². The largest absolute Gasteiger partial charge is 0.481 e. The molecule has 3 rings (SSSR count). The molecule has 4 atom stereocenters. The average molecular weight is 720 g/mol. The van der Waals surface area contributed by atoms with E-state index in [-0.39, 0.29) is 44.1 Å². The monoisotopic (exact) mass is 719 g/mol. The number of thioether (sulfide) groups is 1. The molecule has 19 heteroatoms. The number of aromatic nitrogens is 1. The van der Waals surface area contributed by atoms with Gasteiger partial charge in [0.2, 0.25) is 23.6 Å². The van der Waals surface area contributed by atoms with E-state index < -0.39 is 60.2 Å². The Hall–Kier alpha value is -4.78. The second-order valence-corrected chi connectivity index (χ2v) is 13.4. The maximum absolute atomic E-state index is 13.4. The molecule has 49 heavy (non-hydrogen) atoms. The van der Waals surface area contributed by atoms with E-state index in [4.69, 9.17) is 16.2 Å². The molecule has 0 bridgehead atoms. The normalized spacial score (nSPS) is 15.7. The smallest absolute Gasteiger partial charge is 0.329 e. The highest BCUT2D eigenvalue weighted by atomic mass is 32.2. The molecule has 0 saturated heterocycles. The number of guanidine groups is 1. The molecule has 4 amide bonds. The number of anilines is 1. The number of nitrogens with zero attached hydrogens (tertiary/aromatic N) is 2. The molecular formula is C30H41N9O8S2. The second kappa shape index (κ2) is 18.7. The first-order valence-corrected chi connectivity index (χ1v) is 17.4.